The maximum absolute atomic E-state index is 13.3. The van der Waals surface area contributed by atoms with E-state index in [-0.39, 0.29) is 30.4 Å². The number of fused-ring (bicyclic) bond motifs is 1. The Bertz CT molecular complexity index is 1240. The highest BCUT2D eigenvalue weighted by molar-refractivity contribution is 7.46. The quantitative estimate of drug-likeness (QED) is 0.197. The van der Waals surface area contributed by atoms with Gasteiger partial charge in [-0.1, -0.05) is 19.9 Å². The number of methoxy groups -OCH3 is 1. The number of H-pyrrole nitrogens is 1. The minimum atomic E-state index is -4.93. The number of rotatable bonds is 13. The minimum absolute atomic E-state index is 0.0124. The fraction of sp³-hybridized carbons (Fsp3) is 0.500. The number of aromatic nitrogens is 1. The maximum Gasteiger partial charge on any atom is 0.470 e. The summed E-state index contributed by atoms with van der Waals surface area (Å²) in [4.78, 5) is 72.1. The standard InChI is InChI=1S/C24H33N4O9P/c1-13(2)9-18(28-24(32)19-11-15-16(26-19)5-4-6-21(15)36-3)23(31)27-17(10-14-7-8-25-22(14)30)20(29)12-37-38(33,34)35/h4-6,11,13-14,17-18,26H,7-10,12H2,1-3H3,(H,25,30)(H,27,31)(H,28,32)(H2,33,34,35)/t14-,17?,18?/m0/s1. The van der Waals surface area contributed by atoms with Crippen molar-refractivity contribution in [3.8, 4) is 5.75 Å². The third kappa shape index (κ3) is 7.87. The van der Waals surface area contributed by atoms with E-state index in [1.165, 1.54) is 7.11 Å². The Hall–Kier alpha value is -3.25. The third-order valence-corrected chi connectivity index (χ3v) is 6.65. The van der Waals surface area contributed by atoms with Crippen molar-refractivity contribution in [2.75, 3.05) is 20.3 Å². The molecule has 1 aliphatic rings. The van der Waals surface area contributed by atoms with Gasteiger partial charge in [-0.3, -0.25) is 23.7 Å². The van der Waals surface area contributed by atoms with Crippen LogP contribution in [0, 0.1) is 11.8 Å². The first-order valence-corrected chi connectivity index (χ1v) is 13.7. The summed E-state index contributed by atoms with van der Waals surface area (Å²) in [5, 5.41) is 8.60. The Morgan fingerprint density at radius 1 is 1.18 bits per heavy atom. The van der Waals surface area contributed by atoms with Crippen LogP contribution in [0.3, 0.4) is 0 Å². The number of amides is 3. The number of benzene rings is 1. The van der Waals surface area contributed by atoms with Gasteiger partial charge >= 0.3 is 7.82 Å². The number of carbonyl (C=O) groups is 4. The average Bonchev–Trinajstić information content (AvgIpc) is 3.46. The van der Waals surface area contributed by atoms with E-state index in [0.29, 0.717) is 29.6 Å². The van der Waals surface area contributed by atoms with Gasteiger partial charge in [0.2, 0.25) is 11.8 Å². The van der Waals surface area contributed by atoms with Crippen molar-refractivity contribution in [3.63, 3.8) is 0 Å². The number of Topliss-reactive ketones (excluding diaryl/α,β-unsaturated/α-hetero) is 1. The molecule has 2 unspecified atom stereocenters. The van der Waals surface area contributed by atoms with Crippen molar-refractivity contribution in [1.82, 2.24) is 20.9 Å². The van der Waals surface area contributed by atoms with Gasteiger partial charge in [0, 0.05) is 23.4 Å². The van der Waals surface area contributed by atoms with Crippen LogP contribution in [0.2, 0.25) is 0 Å². The first-order valence-electron chi connectivity index (χ1n) is 12.2. The number of aromatic amines is 1. The van der Waals surface area contributed by atoms with Crippen molar-refractivity contribution in [3.05, 3.63) is 30.0 Å². The fourth-order valence-corrected chi connectivity index (χ4v) is 4.61. The number of phosphoric ester groups is 1. The Morgan fingerprint density at radius 3 is 2.53 bits per heavy atom. The molecule has 13 nitrogen and oxygen atoms in total. The summed E-state index contributed by atoms with van der Waals surface area (Å²) in [6, 6.07) is 4.62. The van der Waals surface area contributed by atoms with E-state index >= 15 is 0 Å². The number of phosphoric acid groups is 1. The lowest BCUT2D eigenvalue weighted by molar-refractivity contribution is -0.131. The topological polar surface area (TPSA) is 196 Å². The van der Waals surface area contributed by atoms with Gasteiger partial charge in [0.15, 0.2) is 5.78 Å². The molecular weight excluding hydrogens is 519 g/mol. The van der Waals surface area contributed by atoms with Gasteiger partial charge in [-0.25, -0.2) is 4.57 Å². The first-order chi connectivity index (χ1) is 17.9. The first kappa shape index (κ1) is 29.3. The van der Waals surface area contributed by atoms with E-state index in [4.69, 9.17) is 14.5 Å². The Labute approximate surface area is 219 Å². The van der Waals surface area contributed by atoms with Crippen molar-refractivity contribution >= 4 is 42.2 Å². The lowest BCUT2D eigenvalue weighted by atomic mass is 9.95. The molecule has 0 spiro atoms. The van der Waals surface area contributed by atoms with Gasteiger partial charge < -0.3 is 35.5 Å². The second-order valence-corrected chi connectivity index (χ2v) is 10.8. The lowest BCUT2D eigenvalue weighted by Gasteiger charge is -2.25. The van der Waals surface area contributed by atoms with Crippen LogP contribution in [-0.2, 0) is 23.5 Å². The number of carbonyl (C=O) groups excluding carboxylic acids is 4. The number of ketones is 1. The lowest BCUT2D eigenvalue weighted by Crippen LogP contribution is -2.53. The Kier molecular flexibility index (Phi) is 9.66. The monoisotopic (exact) mass is 552 g/mol. The molecule has 1 aromatic heterocycles. The van der Waals surface area contributed by atoms with Gasteiger partial charge in [-0.15, -0.1) is 0 Å². The molecule has 1 aliphatic heterocycles. The van der Waals surface area contributed by atoms with Gasteiger partial charge in [0.25, 0.3) is 5.91 Å². The zero-order valence-corrected chi connectivity index (χ0v) is 22.2. The maximum atomic E-state index is 13.3. The molecule has 0 saturated carbocycles. The molecule has 3 amide bonds. The molecule has 2 aromatic rings. The van der Waals surface area contributed by atoms with Crippen LogP contribution in [0.1, 0.15) is 43.6 Å². The van der Waals surface area contributed by atoms with E-state index in [1.807, 2.05) is 13.8 Å². The highest BCUT2D eigenvalue weighted by Gasteiger charge is 2.34. The van der Waals surface area contributed by atoms with E-state index in [1.54, 1.807) is 24.3 Å². The molecule has 1 fully saturated rings. The molecule has 1 saturated heterocycles. The summed E-state index contributed by atoms with van der Waals surface area (Å²) >= 11 is 0. The molecule has 0 aliphatic carbocycles. The third-order valence-electron chi connectivity index (χ3n) is 6.18. The molecule has 2 heterocycles. The number of ether oxygens (including phenoxy) is 1. The summed E-state index contributed by atoms with van der Waals surface area (Å²) in [6.07, 6.45) is 0.601. The smallest absolute Gasteiger partial charge is 0.470 e. The average molecular weight is 553 g/mol. The van der Waals surface area contributed by atoms with Crippen LogP contribution in [0.15, 0.2) is 24.3 Å². The Morgan fingerprint density at radius 2 is 1.92 bits per heavy atom. The molecule has 3 atom stereocenters. The molecular formula is C24H33N4O9P. The Balaban J connectivity index is 1.78. The summed E-state index contributed by atoms with van der Waals surface area (Å²) in [5.74, 6) is -2.32. The van der Waals surface area contributed by atoms with E-state index in [2.05, 4.69) is 25.5 Å². The molecule has 6 N–H and O–H groups in total. The second-order valence-electron chi connectivity index (χ2n) is 9.56. The van der Waals surface area contributed by atoms with Crippen molar-refractivity contribution < 1.29 is 42.8 Å². The summed E-state index contributed by atoms with van der Waals surface area (Å²) < 4.78 is 20.7. The molecule has 38 heavy (non-hydrogen) atoms. The zero-order valence-electron chi connectivity index (χ0n) is 21.4. The van der Waals surface area contributed by atoms with Gasteiger partial charge in [-0.05, 0) is 43.4 Å². The van der Waals surface area contributed by atoms with E-state index in [9.17, 15) is 23.7 Å². The van der Waals surface area contributed by atoms with Crippen molar-refractivity contribution in [2.45, 2.75) is 45.2 Å². The van der Waals surface area contributed by atoms with E-state index in [0.717, 1.165) is 0 Å². The zero-order chi connectivity index (χ0) is 28.0. The predicted molar refractivity (Wildman–Crippen MR) is 136 cm³/mol. The molecule has 0 bridgehead atoms. The molecule has 0 radical (unpaired) electrons. The van der Waals surface area contributed by atoms with Crippen LogP contribution in [-0.4, -0.2) is 70.6 Å². The fourth-order valence-electron chi connectivity index (χ4n) is 4.31. The molecule has 1 aromatic carbocycles. The van der Waals surface area contributed by atoms with Gasteiger partial charge in [0.1, 0.15) is 24.1 Å². The van der Waals surface area contributed by atoms with E-state index < -0.39 is 50.0 Å². The SMILES string of the molecule is COc1cccc2[nH]c(C(=O)NC(CC(C)C)C(=O)NC(C[C@@H]3CCNC3=O)C(=O)COP(=O)(O)O)cc12. The van der Waals surface area contributed by atoms with Gasteiger partial charge in [0.05, 0.1) is 13.2 Å². The minimum Gasteiger partial charge on any atom is -0.496 e. The highest BCUT2D eigenvalue weighted by Crippen LogP contribution is 2.35. The van der Waals surface area contributed by atoms with Gasteiger partial charge in [-0.2, -0.15) is 0 Å². The predicted octanol–water partition coefficient (Wildman–Crippen LogP) is 1.01. The summed E-state index contributed by atoms with van der Waals surface area (Å²) in [5.41, 5.74) is 0.876. The summed E-state index contributed by atoms with van der Waals surface area (Å²) in [7, 11) is -3.42. The van der Waals surface area contributed by atoms with Crippen LogP contribution >= 0.6 is 7.82 Å². The van der Waals surface area contributed by atoms with Crippen molar-refractivity contribution in [2.24, 2.45) is 11.8 Å². The van der Waals surface area contributed by atoms with Crippen LogP contribution in [0.25, 0.3) is 10.9 Å². The molecule has 3 rings (SSSR count). The summed E-state index contributed by atoms with van der Waals surface area (Å²) in [6.45, 7) is 3.18. The van der Waals surface area contributed by atoms with Crippen molar-refractivity contribution in [1.29, 1.82) is 0 Å². The van der Waals surface area contributed by atoms with Crippen LogP contribution in [0.4, 0.5) is 0 Å². The second kappa shape index (κ2) is 12.5. The normalized spacial score (nSPS) is 17.2. The number of nitrogens with one attached hydrogen (secondary N) is 4. The number of hydrogen-bond donors (Lipinski definition) is 6. The highest BCUT2D eigenvalue weighted by atomic mass is 31.2. The number of hydrogen-bond acceptors (Lipinski definition) is 7. The molecule has 14 heteroatoms. The molecule has 208 valence electrons. The largest absolute Gasteiger partial charge is 0.496 e. The van der Waals surface area contributed by atoms with Crippen LogP contribution in [0.5, 0.6) is 5.75 Å². The van der Waals surface area contributed by atoms with Crippen LogP contribution < -0.4 is 20.7 Å².